The molecule has 108 valence electrons. The summed E-state index contributed by atoms with van der Waals surface area (Å²) < 4.78 is 7.57. The molecule has 2 aliphatic heterocycles. The highest BCUT2D eigenvalue weighted by Crippen LogP contribution is 2.37. The Labute approximate surface area is 128 Å². The third-order valence-electron chi connectivity index (χ3n) is 4.81. The molecule has 0 fully saturated rings. The molecule has 0 N–H and O–H groups in total. The van der Waals surface area contributed by atoms with Crippen LogP contribution in [0.2, 0.25) is 0 Å². The number of methoxy groups -OCH3 is 1. The van der Waals surface area contributed by atoms with Crippen LogP contribution in [-0.2, 0) is 12.8 Å². The van der Waals surface area contributed by atoms with E-state index in [0.29, 0.717) is 0 Å². The van der Waals surface area contributed by atoms with E-state index in [1.807, 2.05) is 12.1 Å². The lowest BCUT2D eigenvalue weighted by Gasteiger charge is -2.09. The van der Waals surface area contributed by atoms with Gasteiger partial charge in [0.15, 0.2) is 0 Å². The predicted molar refractivity (Wildman–Crippen MR) is 87.9 cm³/mol. The normalized spacial score (nSPS) is 14.0. The maximum absolute atomic E-state index is 5.36. The number of ether oxygens (including phenoxy) is 1. The largest absolute Gasteiger partial charge is 0.497 e. The Bertz CT molecular complexity index is 999. The lowest BCUT2D eigenvalue weighted by molar-refractivity contribution is 0.415. The molecule has 1 aliphatic carbocycles. The second-order valence-corrected chi connectivity index (χ2v) is 6.04. The zero-order valence-corrected chi connectivity index (χ0v) is 12.5. The van der Waals surface area contributed by atoms with E-state index in [-0.39, 0.29) is 0 Å². The van der Waals surface area contributed by atoms with Crippen LogP contribution in [0.1, 0.15) is 17.5 Å². The molecule has 3 heteroatoms. The van der Waals surface area contributed by atoms with Gasteiger partial charge in [0.25, 0.3) is 0 Å². The third-order valence-corrected chi connectivity index (χ3v) is 4.81. The number of nitrogens with zero attached hydrogens (tertiary/aromatic N) is 2. The van der Waals surface area contributed by atoms with Gasteiger partial charge in [-0.25, -0.2) is 4.98 Å². The van der Waals surface area contributed by atoms with Crippen molar-refractivity contribution in [3.63, 3.8) is 0 Å². The van der Waals surface area contributed by atoms with Gasteiger partial charge in [-0.15, -0.1) is 0 Å². The summed E-state index contributed by atoms with van der Waals surface area (Å²) in [4.78, 5) is 4.87. The van der Waals surface area contributed by atoms with Crippen molar-refractivity contribution in [2.45, 2.75) is 19.3 Å². The molecular formula is C19H16N2O. The van der Waals surface area contributed by atoms with E-state index in [4.69, 9.17) is 9.72 Å². The van der Waals surface area contributed by atoms with Gasteiger partial charge in [0, 0.05) is 23.3 Å². The van der Waals surface area contributed by atoms with Crippen LogP contribution in [-0.4, -0.2) is 16.5 Å². The lowest BCUT2D eigenvalue weighted by Crippen LogP contribution is -1.95. The van der Waals surface area contributed by atoms with Crippen molar-refractivity contribution in [2.75, 3.05) is 7.11 Å². The van der Waals surface area contributed by atoms with Crippen LogP contribution in [0.5, 0.6) is 5.75 Å². The Morgan fingerprint density at radius 1 is 1.09 bits per heavy atom. The predicted octanol–water partition coefficient (Wildman–Crippen LogP) is 4.09. The molecule has 0 saturated carbocycles. The van der Waals surface area contributed by atoms with Gasteiger partial charge in [0.2, 0.25) is 0 Å². The highest BCUT2D eigenvalue weighted by atomic mass is 16.5. The Hall–Kier alpha value is -2.55. The van der Waals surface area contributed by atoms with Crippen molar-refractivity contribution in [1.82, 2.24) is 9.38 Å². The molecule has 22 heavy (non-hydrogen) atoms. The molecule has 2 aromatic rings. The van der Waals surface area contributed by atoms with Crippen LogP contribution >= 0.6 is 0 Å². The Balaban J connectivity index is 1.88. The van der Waals surface area contributed by atoms with E-state index >= 15 is 0 Å². The van der Waals surface area contributed by atoms with E-state index in [2.05, 4.69) is 35.0 Å². The summed E-state index contributed by atoms with van der Waals surface area (Å²) in [5, 5.41) is 1.16. The molecule has 0 saturated heterocycles. The van der Waals surface area contributed by atoms with E-state index in [1.165, 1.54) is 41.5 Å². The van der Waals surface area contributed by atoms with Crippen molar-refractivity contribution in [3.05, 3.63) is 53.9 Å². The lowest BCUT2D eigenvalue weighted by atomic mass is 10.1. The quantitative estimate of drug-likeness (QED) is 0.527. The minimum atomic E-state index is 0.878. The van der Waals surface area contributed by atoms with Gasteiger partial charge in [-0.2, -0.15) is 0 Å². The Kier molecular flexibility index (Phi) is 2.31. The second-order valence-electron chi connectivity index (χ2n) is 6.04. The Morgan fingerprint density at radius 3 is 2.91 bits per heavy atom. The number of hydrogen-bond donors (Lipinski definition) is 0. The van der Waals surface area contributed by atoms with Crippen LogP contribution in [0, 0.1) is 0 Å². The highest BCUT2D eigenvalue weighted by molar-refractivity contribution is 6.02. The fourth-order valence-electron chi connectivity index (χ4n) is 3.68. The molecule has 1 aromatic carbocycles. The molecule has 3 nitrogen and oxygen atoms in total. The number of hydrogen-bond acceptors (Lipinski definition) is 2. The molecule has 0 unspecified atom stereocenters. The number of fused-ring (bicyclic) bond motifs is 6. The van der Waals surface area contributed by atoms with E-state index < -0.39 is 0 Å². The number of aryl methyl sites for hydroxylation is 2. The number of aromatic nitrogens is 2. The number of pyridine rings is 2. The molecule has 5 rings (SSSR count). The molecule has 0 radical (unpaired) electrons. The van der Waals surface area contributed by atoms with E-state index in [0.717, 1.165) is 22.3 Å². The SMILES string of the molecule is COc1ccc2nc3c4cc5c(cn4ccc-3c2c1)CCC5. The van der Waals surface area contributed by atoms with Gasteiger partial charge in [0.1, 0.15) is 5.75 Å². The van der Waals surface area contributed by atoms with Crippen molar-refractivity contribution in [2.24, 2.45) is 0 Å². The fourth-order valence-corrected chi connectivity index (χ4v) is 3.68. The van der Waals surface area contributed by atoms with Crippen LogP contribution in [0.3, 0.4) is 0 Å². The highest BCUT2D eigenvalue weighted by Gasteiger charge is 2.18. The monoisotopic (exact) mass is 288 g/mol. The summed E-state index contributed by atoms with van der Waals surface area (Å²) in [6.07, 6.45) is 8.08. The molecular weight excluding hydrogens is 272 g/mol. The first-order valence-electron chi connectivity index (χ1n) is 7.73. The molecule has 0 amide bonds. The summed E-state index contributed by atoms with van der Waals surface area (Å²) in [6.45, 7) is 0. The zero-order valence-electron chi connectivity index (χ0n) is 12.5. The third kappa shape index (κ3) is 1.54. The van der Waals surface area contributed by atoms with Gasteiger partial charge >= 0.3 is 0 Å². The van der Waals surface area contributed by atoms with Crippen molar-refractivity contribution in [3.8, 4) is 17.0 Å². The van der Waals surface area contributed by atoms with Crippen LogP contribution in [0.4, 0.5) is 0 Å². The molecule has 0 bridgehead atoms. The molecule has 3 aliphatic rings. The van der Waals surface area contributed by atoms with Gasteiger partial charge in [-0.1, -0.05) is 0 Å². The van der Waals surface area contributed by atoms with Crippen molar-refractivity contribution < 1.29 is 4.74 Å². The summed E-state index contributed by atoms with van der Waals surface area (Å²) in [5.74, 6) is 0.878. The van der Waals surface area contributed by atoms with Gasteiger partial charge in [-0.3, -0.25) is 0 Å². The van der Waals surface area contributed by atoms with Gasteiger partial charge in [0.05, 0.1) is 23.8 Å². The number of benzene rings is 1. The maximum atomic E-state index is 5.36. The smallest absolute Gasteiger partial charge is 0.119 e. The van der Waals surface area contributed by atoms with Crippen LogP contribution < -0.4 is 4.74 Å². The summed E-state index contributed by atoms with van der Waals surface area (Å²) in [7, 11) is 1.70. The van der Waals surface area contributed by atoms with Gasteiger partial charge < -0.3 is 9.14 Å². The molecule has 0 spiro atoms. The minimum Gasteiger partial charge on any atom is -0.497 e. The summed E-state index contributed by atoms with van der Waals surface area (Å²) in [6, 6.07) is 10.6. The van der Waals surface area contributed by atoms with E-state index in [1.54, 1.807) is 7.11 Å². The first kappa shape index (κ1) is 12.0. The average molecular weight is 288 g/mol. The summed E-state index contributed by atoms with van der Waals surface area (Å²) >= 11 is 0. The fraction of sp³-hybridized carbons (Fsp3) is 0.211. The van der Waals surface area contributed by atoms with Crippen LogP contribution in [0.15, 0.2) is 42.7 Å². The molecule has 3 heterocycles. The van der Waals surface area contributed by atoms with Gasteiger partial charge in [-0.05, 0) is 60.7 Å². The maximum Gasteiger partial charge on any atom is 0.119 e. The first-order chi connectivity index (χ1) is 10.8. The van der Waals surface area contributed by atoms with Crippen molar-refractivity contribution in [1.29, 1.82) is 0 Å². The first-order valence-corrected chi connectivity index (χ1v) is 7.73. The Morgan fingerprint density at radius 2 is 2.00 bits per heavy atom. The zero-order chi connectivity index (χ0) is 14.7. The van der Waals surface area contributed by atoms with E-state index in [9.17, 15) is 0 Å². The average Bonchev–Trinajstić information content (AvgIpc) is 3.15. The van der Waals surface area contributed by atoms with Crippen LogP contribution in [0.25, 0.3) is 27.7 Å². The second kappa shape index (κ2) is 4.23. The number of rotatable bonds is 1. The van der Waals surface area contributed by atoms with Crippen molar-refractivity contribution >= 4 is 16.4 Å². The summed E-state index contributed by atoms with van der Waals surface area (Å²) in [5.41, 5.74) is 7.48. The molecule has 1 aromatic heterocycles. The minimum absolute atomic E-state index is 0.878. The standard InChI is InChI=1S/C19H16N2O/c1-22-14-5-6-17-16(10-14)15-7-8-21-11-13-4-2-3-12(13)9-18(21)19(15)20-17/h5-11H,2-4H2,1H3. The topological polar surface area (TPSA) is 26.5 Å². The molecule has 0 atom stereocenters.